The number of rotatable bonds is 5. The van der Waals surface area contributed by atoms with Crippen molar-refractivity contribution in [2.45, 2.75) is 20.0 Å². The molecule has 1 rings (SSSR count). The fraction of sp³-hybridized carbons (Fsp3) is 0.556. The lowest BCUT2D eigenvalue weighted by molar-refractivity contribution is 0.0870. The van der Waals surface area contributed by atoms with Crippen LogP contribution in [0.25, 0.3) is 0 Å². The molecule has 0 fully saturated rings. The van der Waals surface area contributed by atoms with E-state index >= 15 is 0 Å². The summed E-state index contributed by atoms with van der Waals surface area (Å²) in [6.07, 6.45) is 1.59. The smallest absolute Gasteiger partial charge is 0.252 e. The number of nitrogens with zero attached hydrogens (tertiary/aromatic N) is 1. The summed E-state index contributed by atoms with van der Waals surface area (Å²) >= 11 is 0. The number of nitrogens with one attached hydrogen (secondary N) is 2. The standard InChI is InChI=1S/C9H15N3O2/c1-7(2)14-4-3-10-8-5-9(13)12-6-11-8/h5-7H,3-4H2,1-2H3,(H2,10,11,12,13). The summed E-state index contributed by atoms with van der Waals surface area (Å²) in [5, 5.41) is 2.98. The highest BCUT2D eigenvalue weighted by Crippen LogP contribution is 1.94. The molecule has 0 bridgehead atoms. The molecule has 0 aromatic carbocycles. The molecule has 0 amide bonds. The topological polar surface area (TPSA) is 67.0 Å². The third kappa shape index (κ3) is 4.04. The lowest BCUT2D eigenvalue weighted by Crippen LogP contribution is -2.15. The van der Waals surface area contributed by atoms with E-state index in [1.807, 2.05) is 13.8 Å². The lowest BCUT2D eigenvalue weighted by Gasteiger charge is -2.08. The second kappa shape index (κ2) is 5.39. The highest BCUT2D eigenvalue weighted by Gasteiger charge is 1.95. The summed E-state index contributed by atoms with van der Waals surface area (Å²) in [5.41, 5.74) is -0.160. The minimum atomic E-state index is -0.160. The Hall–Kier alpha value is -1.36. The van der Waals surface area contributed by atoms with E-state index < -0.39 is 0 Å². The van der Waals surface area contributed by atoms with Crippen LogP contribution in [0, 0.1) is 0 Å². The van der Waals surface area contributed by atoms with Gasteiger partial charge in [0.15, 0.2) is 0 Å². The van der Waals surface area contributed by atoms with Crippen LogP contribution in [0.1, 0.15) is 13.8 Å². The van der Waals surface area contributed by atoms with Gasteiger partial charge in [-0.3, -0.25) is 4.79 Å². The van der Waals surface area contributed by atoms with Crippen LogP contribution in [-0.4, -0.2) is 29.2 Å². The maximum atomic E-state index is 10.9. The summed E-state index contributed by atoms with van der Waals surface area (Å²) in [6.45, 7) is 5.21. The van der Waals surface area contributed by atoms with Crippen LogP contribution in [0.5, 0.6) is 0 Å². The van der Waals surface area contributed by atoms with Crippen molar-refractivity contribution in [3.05, 3.63) is 22.7 Å². The van der Waals surface area contributed by atoms with Crippen molar-refractivity contribution in [2.24, 2.45) is 0 Å². The summed E-state index contributed by atoms with van der Waals surface area (Å²) in [5.74, 6) is 0.570. The van der Waals surface area contributed by atoms with Crippen molar-refractivity contribution in [2.75, 3.05) is 18.5 Å². The first-order valence-corrected chi connectivity index (χ1v) is 4.58. The van der Waals surface area contributed by atoms with E-state index in [1.54, 1.807) is 0 Å². The largest absolute Gasteiger partial charge is 0.377 e. The van der Waals surface area contributed by atoms with E-state index in [4.69, 9.17) is 4.74 Å². The molecule has 0 aliphatic rings. The Balaban J connectivity index is 2.28. The minimum Gasteiger partial charge on any atom is -0.377 e. The van der Waals surface area contributed by atoms with Gasteiger partial charge in [-0.05, 0) is 13.8 Å². The predicted octanol–water partition coefficient (Wildman–Crippen LogP) is 0.607. The summed E-state index contributed by atoms with van der Waals surface area (Å²) in [4.78, 5) is 17.2. The molecule has 0 saturated heterocycles. The van der Waals surface area contributed by atoms with Gasteiger partial charge in [0.25, 0.3) is 5.56 Å². The normalized spacial score (nSPS) is 10.5. The Morgan fingerprint density at radius 1 is 1.64 bits per heavy atom. The summed E-state index contributed by atoms with van der Waals surface area (Å²) in [6, 6.07) is 1.41. The second-order valence-corrected chi connectivity index (χ2v) is 3.14. The molecule has 14 heavy (non-hydrogen) atoms. The molecule has 2 N–H and O–H groups in total. The zero-order chi connectivity index (χ0) is 10.4. The molecule has 0 saturated carbocycles. The van der Waals surface area contributed by atoms with Gasteiger partial charge in [-0.15, -0.1) is 0 Å². The molecule has 0 unspecified atom stereocenters. The molecule has 5 heteroatoms. The number of hydrogen-bond donors (Lipinski definition) is 2. The Labute approximate surface area is 82.5 Å². The first-order chi connectivity index (χ1) is 6.68. The van der Waals surface area contributed by atoms with Crippen molar-refractivity contribution in [1.29, 1.82) is 0 Å². The number of aromatic nitrogens is 2. The maximum absolute atomic E-state index is 10.9. The monoisotopic (exact) mass is 197 g/mol. The van der Waals surface area contributed by atoms with Crippen molar-refractivity contribution >= 4 is 5.82 Å². The first-order valence-electron chi connectivity index (χ1n) is 4.58. The predicted molar refractivity (Wildman–Crippen MR) is 54.4 cm³/mol. The zero-order valence-electron chi connectivity index (χ0n) is 8.41. The van der Waals surface area contributed by atoms with Gasteiger partial charge >= 0.3 is 0 Å². The molecule has 1 heterocycles. The third-order valence-corrected chi connectivity index (χ3v) is 1.54. The van der Waals surface area contributed by atoms with Crippen LogP contribution < -0.4 is 10.9 Å². The second-order valence-electron chi connectivity index (χ2n) is 3.14. The number of hydrogen-bond acceptors (Lipinski definition) is 4. The fourth-order valence-electron chi connectivity index (χ4n) is 0.939. The number of aromatic amines is 1. The molecule has 5 nitrogen and oxygen atoms in total. The molecule has 0 spiro atoms. The van der Waals surface area contributed by atoms with Crippen molar-refractivity contribution < 1.29 is 4.74 Å². The van der Waals surface area contributed by atoms with Gasteiger partial charge in [0.1, 0.15) is 5.82 Å². The Kier molecular flexibility index (Phi) is 4.12. The van der Waals surface area contributed by atoms with Crippen molar-refractivity contribution in [3.63, 3.8) is 0 Å². The number of H-pyrrole nitrogens is 1. The molecular formula is C9H15N3O2. The molecule has 0 atom stereocenters. The van der Waals surface area contributed by atoms with E-state index in [2.05, 4.69) is 15.3 Å². The third-order valence-electron chi connectivity index (χ3n) is 1.54. The van der Waals surface area contributed by atoms with Crippen LogP contribution in [0.3, 0.4) is 0 Å². The molecule has 78 valence electrons. The van der Waals surface area contributed by atoms with Crippen LogP contribution in [0.15, 0.2) is 17.2 Å². The highest BCUT2D eigenvalue weighted by atomic mass is 16.5. The van der Waals surface area contributed by atoms with Crippen LogP contribution in [0.4, 0.5) is 5.82 Å². The van der Waals surface area contributed by atoms with Gasteiger partial charge in [0.2, 0.25) is 0 Å². The van der Waals surface area contributed by atoms with Gasteiger partial charge in [0, 0.05) is 12.6 Å². The number of anilines is 1. The molecule has 1 aromatic heterocycles. The SMILES string of the molecule is CC(C)OCCNc1cc(=O)[nH]cn1. The Bertz CT molecular complexity index is 322. The molecular weight excluding hydrogens is 182 g/mol. The van der Waals surface area contributed by atoms with E-state index in [0.29, 0.717) is 19.0 Å². The molecule has 0 radical (unpaired) electrons. The van der Waals surface area contributed by atoms with Gasteiger partial charge in [-0.2, -0.15) is 0 Å². The average Bonchev–Trinajstić information content (AvgIpc) is 2.12. The van der Waals surface area contributed by atoms with Gasteiger partial charge in [-0.1, -0.05) is 0 Å². The summed E-state index contributed by atoms with van der Waals surface area (Å²) < 4.78 is 5.32. The lowest BCUT2D eigenvalue weighted by atomic mass is 10.5. The van der Waals surface area contributed by atoms with Gasteiger partial charge < -0.3 is 15.0 Å². The van der Waals surface area contributed by atoms with Crippen LogP contribution in [0.2, 0.25) is 0 Å². The fourth-order valence-corrected chi connectivity index (χ4v) is 0.939. The van der Waals surface area contributed by atoms with Crippen LogP contribution >= 0.6 is 0 Å². The maximum Gasteiger partial charge on any atom is 0.252 e. The quantitative estimate of drug-likeness (QED) is 0.678. The zero-order valence-corrected chi connectivity index (χ0v) is 8.41. The van der Waals surface area contributed by atoms with Gasteiger partial charge in [0.05, 0.1) is 19.0 Å². The molecule has 0 aliphatic carbocycles. The van der Waals surface area contributed by atoms with Crippen molar-refractivity contribution in [3.8, 4) is 0 Å². The molecule has 0 aliphatic heterocycles. The summed E-state index contributed by atoms with van der Waals surface area (Å²) in [7, 11) is 0. The average molecular weight is 197 g/mol. The number of ether oxygens (including phenoxy) is 1. The Morgan fingerprint density at radius 3 is 3.07 bits per heavy atom. The minimum absolute atomic E-state index is 0.160. The molecule has 1 aromatic rings. The van der Waals surface area contributed by atoms with E-state index in [0.717, 1.165) is 0 Å². The van der Waals surface area contributed by atoms with E-state index in [9.17, 15) is 4.79 Å². The van der Waals surface area contributed by atoms with E-state index in [1.165, 1.54) is 12.4 Å². The van der Waals surface area contributed by atoms with Gasteiger partial charge in [-0.25, -0.2) is 4.98 Å². The van der Waals surface area contributed by atoms with Crippen molar-refractivity contribution in [1.82, 2.24) is 9.97 Å². The Morgan fingerprint density at radius 2 is 2.43 bits per heavy atom. The highest BCUT2D eigenvalue weighted by molar-refractivity contribution is 5.31. The van der Waals surface area contributed by atoms with E-state index in [-0.39, 0.29) is 11.7 Å². The first kappa shape index (κ1) is 10.7. The van der Waals surface area contributed by atoms with Crippen LogP contribution in [-0.2, 0) is 4.74 Å².